The molecule has 0 aliphatic heterocycles. The van der Waals surface area contributed by atoms with Gasteiger partial charge in [0.2, 0.25) is 0 Å². The fraction of sp³-hybridized carbons (Fsp3) is 0.200. The molecule has 0 heterocycles. The first kappa shape index (κ1) is 11.5. The summed E-state index contributed by atoms with van der Waals surface area (Å²) in [7, 11) is 0. The summed E-state index contributed by atoms with van der Waals surface area (Å²) in [5.41, 5.74) is 1.08. The molecule has 0 amide bonds. The minimum absolute atomic E-state index is 0.680. The topological polar surface area (TPSA) is 18.5 Å². The van der Waals surface area contributed by atoms with Crippen molar-refractivity contribution in [3.8, 4) is 17.2 Å². The number of benzene rings is 2. The van der Waals surface area contributed by atoms with Crippen molar-refractivity contribution >= 4 is 0 Å². The predicted octanol–water partition coefficient (Wildman–Crippen LogP) is 4.19. The van der Waals surface area contributed by atoms with E-state index in [9.17, 15) is 0 Å². The van der Waals surface area contributed by atoms with Crippen LogP contribution in [0.5, 0.6) is 17.2 Å². The maximum Gasteiger partial charge on any atom is 0.127 e. The SMILES string of the molecule is CCOc1ccc(Oc2ccccc2)cc1C. The van der Waals surface area contributed by atoms with Gasteiger partial charge >= 0.3 is 0 Å². The Hall–Kier alpha value is -1.96. The van der Waals surface area contributed by atoms with Crippen molar-refractivity contribution in [3.63, 3.8) is 0 Å². The highest BCUT2D eigenvalue weighted by atomic mass is 16.5. The second kappa shape index (κ2) is 5.39. The molecule has 0 unspecified atom stereocenters. The van der Waals surface area contributed by atoms with Crippen LogP contribution in [0.3, 0.4) is 0 Å². The summed E-state index contributed by atoms with van der Waals surface area (Å²) in [6.07, 6.45) is 0. The first-order chi connectivity index (χ1) is 8.29. The summed E-state index contributed by atoms with van der Waals surface area (Å²) in [4.78, 5) is 0. The zero-order chi connectivity index (χ0) is 12.1. The Morgan fingerprint density at radius 3 is 2.35 bits per heavy atom. The molecule has 2 rings (SSSR count). The average Bonchev–Trinajstić information content (AvgIpc) is 2.34. The Morgan fingerprint density at radius 1 is 0.941 bits per heavy atom. The minimum Gasteiger partial charge on any atom is -0.494 e. The van der Waals surface area contributed by atoms with Gasteiger partial charge in [-0.25, -0.2) is 0 Å². The highest BCUT2D eigenvalue weighted by Gasteiger charge is 2.02. The van der Waals surface area contributed by atoms with Gasteiger partial charge in [-0.2, -0.15) is 0 Å². The molecule has 0 saturated carbocycles. The molecule has 88 valence electrons. The molecule has 2 aromatic carbocycles. The second-order valence-corrected chi connectivity index (χ2v) is 3.78. The summed E-state index contributed by atoms with van der Waals surface area (Å²) in [5.74, 6) is 2.58. The molecule has 0 radical (unpaired) electrons. The van der Waals surface area contributed by atoms with Crippen molar-refractivity contribution < 1.29 is 9.47 Å². The molecular weight excluding hydrogens is 212 g/mol. The zero-order valence-electron chi connectivity index (χ0n) is 10.1. The highest BCUT2D eigenvalue weighted by molar-refractivity contribution is 5.41. The molecule has 17 heavy (non-hydrogen) atoms. The van der Waals surface area contributed by atoms with Crippen LogP contribution in [0, 0.1) is 6.92 Å². The maximum atomic E-state index is 5.74. The van der Waals surface area contributed by atoms with E-state index >= 15 is 0 Å². The number of aryl methyl sites for hydroxylation is 1. The number of hydrogen-bond donors (Lipinski definition) is 0. The van der Waals surface area contributed by atoms with Gasteiger partial charge in [-0.1, -0.05) is 18.2 Å². The lowest BCUT2D eigenvalue weighted by atomic mass is 10.2. The van der Waals surface area contributed by atoms with Crippen LogP contribution in [0.15, 0.2) is 48.5 Å². The van der Waals surface area contributed by atoms with Crippen LogP contribution in [0.25, 0.3) is 0 Å². The lowest BCUT2D eigenvalue weighted by Gasteiger charge is -2.10. The molecule has 0 spiro atoms. The van der Waals surface area contributed by atoms with Crippen LogP contribution in [0.2, 0.25) is 0 Å². The van der Waals surface area contributed by atoms with Gasteiger partial charge in [-0.05, 0) is 49.7 Å². The molecule has 0 saturated heterocycles. The first-order valence-electron chi connectivity index (χ1n) is 5.76. The number of hydrogen-bond acceptors (Lipinski definition) is 2. The Labute approximate surface area is 102 Å². The van der Waals surface area contributed by atoms with Crippen molar-refractivity contribution in [2.24, 2.45) is 0 Å². The molecule has 0 atom stereocenters. The van der Waals surface area contributed by atoms with Gasteiger partial charge < -0.3 is 9.47 Å². The Morgan fingerprint density at radius 2 is 1.71 bits per heavy atom. The van der Waals surface area contributed by atoms with Gasteiger partial charge in [0.1, 0.15) is 17.2 Å². The predicted molar refractivity (Wildman–Crippen MR) is 68.9 cm³/mol. The van der Waals surface area contributed by atoms with Crippen molar-refractivity contribution in [1.29, 1.82) is 0 Å². The van der Waals surface area contributed by atoms with Crippen LogP contribution in [0.1, 0.15) is 12.5 Å². The molecule has 0 aliphatic carbocycles. The van der Waals surface area contributed by atoms with Crippen LogP contribution in [0.4, 0.5) is 0 Å². The number of rotatable bonds is 4. The van der Waals surface area contributed by atoms with E-state index in [0.29, 0.717) is 6.61 Å². The van der Waals surface area contributed by atoms with Crippen molar-refractivity contribution in [1.82, 2.24) is 0 Å². The van der Waals surface area contributed by atoms with Gasteiger partial charge in [0.15, 0.2) is 0 Å². The van der Waals surface area contributed by atoms with Crippen LogP contribution in [-0.2, 0) is 0 Å². The van der Waals surface area contributed by atoms with Crippen molar-refractivity contribution in [3.05, 3.63) is 54.1 Å². The molecule has 0 N–H and O–H groups in total. The smallest absolute Gasteiger partial charge is 0.127 e. The minimum atomic E-state index is 0.680. The molecule has 2 heteroatoms. The third kappa shape index (κ3) is 3.00. The fourth-order valence-corrected chi connectivity index (χ4v) is 1.63. The van der Waals surface area contributed by atoms with Crippen molar-refractivity contribution in [2.45, 2.75) is 13.8 Å². The molecule has 2 nitrogen and oxygen atoms in total. The summed E-state index contributed by atoms with van der Waals surface area (Å²) >= 11 is 0. The van der Waals surface area contributed by atoms with Crippen LogP contribution >= 0.6 is 0 Å². The Balaban J connectivity index is 2.15. The van der Waals surface area contributed by atoms with Gasteiger partial charge in [0.25, 0.3) is 0 Å². The number of ether oxygens (including phenoxy) is 2. The van der Waals surface area contributed by atoms with E-state index in [1.807, 2.05) is 62.4 Å². The van der Waals surface area contributed by atoms with E-state index in [-0.39, 0.29) is 0 Å². The second-order valence-electron chi connectivity index (χ2n) is 3.78. The molecule has 0 bridgehead atoms. The third-order valence-corrected chi connectivity index (χ3v) is 2.43. The van der Waals surface area contributed by atoms with Gasteiger partial charge in [-0.15, -0.1) is 0 Å². The zero-order valence-corrected chi connectivity index (χ0v) is 10.1. The van der Waals surface area contributed by atoms with Gasteiger partial charge in [0.05, 0.1) is 6.61 Å². The molecule has 2 aromatic rings. The summed E-state index contributed by atoms with van der Waals surface area (Å²) in [5, 5.41) is 0. The summed E-state index contributed by atoms with van der Waals surface area (Å²) < 4.78 is 11.2. The Kier molecular flexibility index (Phi) is 3.66. The van der Waals surface area contributed by atoms with Crippen LogP contribution in [-0.4, -0.2) is 6.61 Å². The average molecular weight is 228 g/mol. The Bertz CT molecular complexity index is 478. The monoisotopic (exact) mass is 228 g/mol. The van der Waals surface area contributed by atoms with Gasteiger partial charge in [-0.3, -0.25) is 0 Å². The lowest BCUT2D eigenvalue weighted by Crippen LogP contribution is -1.94. The van der Waals surface area contributed by atoms with E-state index in [1.165, 1.54) is 0 Å². The quantitative estimate of drug-likeness (QED) is 0.781. The molecule has 0 aliphatic rings. The number of para-hydroxylation sites is 1. The van der Waals surface area contributed by atoms with E-state index in [0.717, 1.165) is 22.8 Å². The van der Waals surface area contributed by atoms with Crippen LogP contribution < -0.4 is 9.47 Å². The summed E-state index contributed by atoms with van der Waals surface area (Å²) in [6.45, 7) is 4.68. The molecule has 0 fully saturated rings. The fourth-order valence-electron chi connectivity index (χ4n) is 1.63. The largest absolute Gasteiger partial charge is 0.494 e. The maximum absolute atomic E-state index is 5.74. The van der Waals surface area contributed by atoms with Crippen molar-refractivity contribution in [2.75, 3.05) is 6.61 Å². The van der Waals surface area contributed by atoms with Gasteiger partial charge in [0, 0.05) is 0 Å². The molecule has 0 aromatic heterocycles. The third-order valence-electron chi connectivity index (χ3n) is 2.43. The highest BCUT2D eigenvalue weighted by Crippen LogP contribution is 2.27. The standard InChI is InChI=1S/C15H16O2/c1-3-16-15-10-9-14(11-12(15)2)17-13-7-5-4-6-8-13/h4-11H,3H2,1-2H3. The first-order valence-corrected chi connectivity index (χ1v) is 5.76. The van der Waals surface area contributed by atoms with E-state index in [2.05, 4.69) is 0 Å². The van der Waals surface area contributed by atoms with E-state index in [1.54, 1.807) is 0 Å². The summed E-state index contributed by atoms with van der Waals surface area (Å²) in [6, 6.07) is 15.6. The molecular formula is C15H16O2. The normalized spacial score (nSPS) is 10.0. The lowest BCUT2D eigenvalue weighted by molar-refractivity contribution is 0.337. The van der Waals surface area contributed by atoms with E-state index in [4.69, 9.17) is 9.47 Å². The van der Waals surface area contributed by atoms with E-state index < -0.39 is 0 Å².